The summed E-state index contributed by atoms with van der Waals surface area (Å²) in [7, 11) is -3.48. The third-order valence-corrected chi connectivity index (χ3v) is 6.30. The fraction of sp³-hybridized carbons (Fsp3) is 0.357. The summed E-state index contributed by atoms with van der Waals surface area (Å²) in [6, 6.07) is 7.03. The quantitative estimate of drug-likeness (QED) is 0.893. The van der Waals surface area contributed by atoms with Crippen LogP contribution in [0, 0.1) is 5.92 Å². The van der Waals surface area contributed by atoms with Crippen molar-refractivity contribution in [2.75, 3.05) is 13.1 Å². The van der Waals surface area contributed by atoms with Gasteiger partial charge in [-0.05, 0) is 24.5 Å². The maximum atomic E-state index is 12.8. The monoisotopic (exact) mass is 289 g/mol. The number of hydrogen-bond donors (Lipinski definition) is 1. The lowest BCUT2D eigenvalue weighted by Crippen LogP contribution is -2.37. The molecular formula is C14H15N3O2S. The van der Waals surface area contributed by atoms with Crippen LogP contribution in [0.25, 0.3) is 10.8 Å². The molecule has 104 valence electrons. The third kappa shape index (κ3) is 1.62. The number of pyridine rings is 1. The van der Waals surface area contributed by atoms with E-state index >= 15 is 0 Å². The Kier molecular flexibility index (Phi) is 2.32. The molecule has 0 radical (unpaired) electrons. The van der Waals surface area contributed by atoms with Crippen LogP contribution in [0.15, 0.2) is 41.6 Å². The zero-order valence-electron chi connectivity index (χ0n) is 10.9. The van der Waals surface area contributed by atoms with E-state index in [4.69, 9.17) is 5.73 Å². The molecule has 2 atom stereocenters. The summed E-state index contributed by atoms with van der Waals surface area (Å²) in [5, 5.41) is 1.55. The van der Waals surface area contributed by atoms with Crippen LogP contribution in [0.3, 0.4) is 0 Å². The van der Waals surface area contributed by atoms with Gasteiger partial charge in [0.15, 0.2) is 0 Å². The van der Waals surface area contributed by atoms with Gasteiger partial charge in [-0.2, -0.15) is 4.31 Å². The predicted octanol–water partition coefficient (Wildman–Crippen LogP) is 0.956. The number of aromatic nitrogens is 1. The summed E-state index contributed by atoms with van der Waals surface area (Å²) in [4.78, 5) is 4.38. The Morgan fingerprint density at radius 1 is 1.35 bits per heavy atom. The molecule has 5 nitrogen and oxygen atoms in total. The molecule has 2 heterocycles. The van der Waals surface area contributed by atoms with Crippen LogP contribution in [-0.4, -0.2) is 36.3 Å². The molecule has 0 amide bonds. The zero-order chi connectivity index (χ0) is 14.0. The van der Waals surface area contributed by atoms with Crippen LogP contribution >= 0.6 is 0 Å². The number of hydrogen-bond acceptors (Lipinski definition) is 4. The lowest BCUT2D eigenvalue weighted by atomic mass is 10.2. The van der Waals surface area contributed by atoms with E-state index < -0.39 is 10.0 Å². The third-order valence-electron chi connectivity index (χ3n) is 4.43. The first-order chi connectivity index (χ1) is 9.51. The number of piperidine rings is 1. The Morgan fingerprint density at radius 3 is 2.95 bits per heavy atom. The molecular weight excluding hydrogens is 274 g/mol. The molecule has 1 saturated heterocycles. The fourth-order valence-corrected chi connectivity index (χ4v) is 4.90. The molecule has 2 N–H and O–H groups in total. The van der Waals surface area contributed by atoms with E-state index in [1.165, 1.54) is 4.31 Å². The molecule has 2 aliphatic rings. The molecule has 4 rings (SSSR count). The second-order valence-electron chi connectivity index (χ2n) is 5.78. The van der Waals surface area contributed by atoms with Crippen molar-refractivity contribution >= 4 is 20.8 Å². The predicted molar refractivity (Wildman–Crippen MR) is 75.5 cm³/mol. The smallest absolute Gasteiger partial charge is 0.243 e. The van der Waals surface area contributed by atoms with Gasteiger partial charge in [-0.25, -0.2) is 8.42 Å². The molecule has 0 spiro atoms. The second-order valence-corrected chi connectivity index (χ2v) is 7.69. The topological polar surface area (TPSA) is 76.3 Å². The van der Waals surface area contributed by atoms with Gasteiger partial charge in [-0.1, -0.05) is 12.1 Å². The van der Waals surface area contributed by atoms with Crippen molar-refractivity contribution in [3.05, 3.63) is 36.7 Å². The maximum Gasteiger partial charge on any atom is 0.243 e. The van der Waals surface area contributed by atoms with Crippen molar-refractivity contribution < 1.29 is 8.42 Å². The minimum atomic E-state index is -3.48. The summed E-state index contributed by atoms with van der Waals surface area (Å²) in [6.45, 7) is 0.974. The molecule has 1 aliphatic carbocycles. The Bertz CT molecular complexity index is 800. The molecule has 2 fully saturated rings. The van der Waals surface area contributed by atoms with Gasteiger partial charge in [0.2, 0.25) is 10.0 Å². The van der Waals surface area contributed by atoms with Crippen molar-refractivity contribution in [3.63, 3.8) is 0 Å². The van der Waals surface area contributed by atoms with Crippen molar-refractivity contribution in [2.45, 2.75) is 16.9 Å². The van der Waals surface area contributed by atoms with Crippen LogP contribution in [0.1, 0.15) is 6.42 Å². The molecule has 1 aromatic carbocycles. The highest BCUT2D eigenvalue weighted by atomic mass is 32.2. The molecule has 20 heavy (non-hydrogen) atoms. The zero-order valence-corrected chi connectivity index (χ0v) is 11.7. The van der Waals surface area contributed by atoms with Crippen LogP contribution in [0.4, 0.5) is 0 Å². The average molecular weight is 289 g/mol. The first-order valence-electron chi connectivity index (χ1n) is 6.62. The number of nitrogens with two attached hydrogens (primary N) is 1. The van der Waals surface area contributed by atoms with Gasteiger partial charge in [0.25, 0.3) is 0 Å². The highest BCUT2D eigenvalue weighted by Crippen LogP contribution is 2.48. The average Bonchev–Trinajstić information content (AvgIpc) is 2.95. The Balaban J connectivity index is 1.82. The highest BCUT2D eigenvalue weighted by Gasteiger charge is 2.59. The minimum absolute atomic E-state index is 0.279. The maximum absolute atomic E-state index is 12.8. The Hall–Kier alpha value is -1.50. The first-order valence-corrected chi connectivity index (χ1v) is 8.06. The van der Waals surface area contributed by atoms with E-state index in [-0.39, 0.29) is 5.54 Å². The normalized spacial score (nSPS) is 29.6. The van der Waals surface area contributed by atoms with Crippen molar-refractivity contribution in [1.29, 1.82) is 0 Å². The van der Waals surface area contributed by atoms with E-state index in [1.54, 1.807) is 30.6 Å². The largest absolute Gasteiger partial charge is 0.324 e. The Labute approximate surface area is 117 Å². The summed E-state index contributed by atoms with van der Waals surface area (Å²) in [5.74, 6) is 0.328. The number of rotatable bonds is 2. The van der Waals surface area contributed by atoms with Crippen molar-refractivity contribution in [3.8, 4) is 0 Å². The van der Waals surface area contributed by atoms with Crippen LogP contribution < -0.4 is 5.73 Å². The van der Waals surface area contributed by atoms with Crippen LogP contribution in [0.5, 0.6) is 0 Å². The molecule has 1 saturated carbocycles. The van der Waals surface area contributed by atoms with Gasteiger partial charge < -0.3 is 5.73 Å². The van der Waals surface area contributed by atoms with Crippen LogP contribution in [0.2, 0.25) is 0 Å². The lowest BCUT2D eigenvalue weighted by molar-refractivity contribution is 0.433. The fourth-order valence-electron chi connectivity index (χ4n) is 3.12. The summed E-state index contributed by atoms with van der Waals surface area (Å²) >= 11 is 0. The SMILES string of the molecule is NC12CC1CN(S(=O)(=O)c1cccc3cnccc13)C2. The molecule has 6 heteroatoms. The number of fused-ring (bicyclic) bond motifs is 2. The summed E-state index contributed by atoms with van der Waals surface area (Å²) < 4.78 is 27.1. The van der Waals surface area contributed by atoms with Crippen molar-refractivity contribution in [2.24, 2.45) is 11.7 Å². The van der Waals surface area contributed by atoms with Crippen molar-refractivity contribution in [1.82, 2.24) is 9.29 Å². The number of sulfonamides is 1. The van der Waals surface area contributed by atoms with E-state index in [1.807, 2.05) is 6.07 Å². The van der Waals surface area contributed by atoms with E-state index in [0.717, 1.165) is 11.8 Å². The van der Waals surface area contributed by atoms with E-state index in [0.29, 0.717) is 29.3 Å². The van der Waals surface area contributed by atoms with Gasteiger partial charge in [0, 0.05) is 41.8 Å². The second kappa shape index (κ2) is 3.78. The molecule has 1 aromatic heterocycles. The van der Waals surface area contributed by atoms with Gasteiger partial charge in [-0.15, -0.1) is 0 Å². The van der Waals surface area contributed by atoms with Gasteiger partial charge >= 0.3 is 0 Å². The van der Waals surface area contributed by atoms with Crippen LogP contribution in [-0.2, 0) is 10.0 Å². The van der Waals surface area contributed by atoms with Gasteiger partial charge in [-0.3, -0.25) is 4.98 Å². The van der Waals surface area contributed by atoms with E-state index in [9.17, 15) is 8.42 Å². The molecule has 1 aliphatic heterocycles. The molecule has 2 unspecified atom stereocenters. The number of benzene rings is 1. The minimum Gasteiger partial charge on any atom is -0.324 e. The standard InChI is InChI=1S/C14H15N3O2S/c15-14-6-11(14)8-17(9-14)20(18,19)13-3-1-2-10-7-16-5-4-12(10)13/h1-5,7,11H,6,8-9,15H2. The Morgan fingerprint density at radius 2 is 2.20 bits per heavy atom. The molecule has 2 aromatic rings. The summed E-state index contributed by atoms with van der Waals surface area (Å²) in [6.07, 6.45) is 4.24. The van der Waals surface area contributed by atoms with Gasteiger partial charge in [0.05, 0.1) is 4.90 Å². The lowest BCUT2D eigenvalue weighted by Gasteiger charge is -2.20. The van der Waals surface area contributed by atoms with E-state index in [2.05, 4.69) is 4.98 Å². The van der Waals surface area contributed by atoms with Gasteiger partial charge in [0.1, 0.15) is 0 Å². The number of nitrogens with zero attached hydrogens (tertiary/aromatic N) is 2. The highest BCUT2D eigenvalue weighted by molar-refractivity contribution is 7.89. The summed E-state index contributed by atoms with van der Waals surface area (Å²) in [5.41, 5.74) is 5.83. The first kappa shape index (κ1) is 12.3. The molecule has 0 bridgehead atoms.